The van der Waals surface area contributed by atoms with Gasteiger partial charge in [0.15, 0.2) is 0 Å². The zero-order valence-corrected chi connectivity index (χ0v) is 14.1. The van der Waals surface area contributed by atoms with E-state index < -0.39 is 0 Å². The Labute approximate surface area is 134 Å². The first-order valence-corrected chi connectivity index (χ1v) is 8.72. The zero-order valence-electron chi connectivity index (χ0n) is 12.5. The van der Waals surface area contributed by atoms with Crippen LogP contribution in [-0.4, -0.2) is 35.6 Å². The lowest BCUT2D eigenvalue weighted by Crippen LogP contribution is -2.36. The predicted octanol–water partition coefficient (Wildman–Crippen LogP) is 3.51. The van der Waals surface area contributed by atoms with E-state index in [-0.39, 0.29) is 11.9 Å². The average molecular weight is 356 g/mol. The molecule has 0 aromatic carbocycles. The van der Waals surface area contributed by atoms with Crippen LogP contribution in [0.1, 0.15) is 44.3 Å². The fourth-order valence-corrected chi connectivity index (χ4v) is 3.08. The Morgan fingerprint density at radius 2 is 2.14 bits per heavy atom. The molecule has 1 aromatic heterocycles. The summed E-state index contributed by atoms with van der Waals surface area (Å²) >= 11 is 3.30. The zero-order chi connectivity index (χ0) is 14.8. The average Bonchev–Trinajstić information content (AvgIpc) is 3.33. The summed E-state index contributed by atoms with van der Waals surface area (Å²) in [5.74, 6) is 0.697. The summed E-state index contributed by atoms with van der Waals surface area (Å²) in [7, 11) is 0. The van der Waals surface area contributed by atoms with Crippen LogP contribution in [0.15, 0.2) is 16.7 Å². The Balaban J connectivity index is 1.48. The molecule has 2 fully saturated rings. The van der Waals surface area contributed by atoms with Crippen molar-refractivity contribution >= 4 is 15.9 Å². The third kappa shape index (κ3) is 4.47. The summed E-state index contributed by atoms with van der Waals surface area (Å²) in [6.07, 6.45) is 5.51. The molecule has 0 unspecified atom stereocenters. The van der Waals surface area contributed by atoms with Crippen LogP contribution in [-0.2, 0) is 0 Å². The molecule has 0 saturated heterocycles. The largest absolute Gasteiger partial charge is 0.307 e. The first kappa shape index (κ1) is 15.4. The second-order valence-electron chi connectivity index (χ2n) is 6.35. The summed E-state index contributed by atoms with van der Waals surface area (Å²) in [4.78, 5) is 6.85. The topological polar surface area (TPSA) is 28.2 Å². The fourth-order valence-electron chi connectivity index (χ4n) is 2.75. The number of rotatable bonds is 8. The molecule has 2 aliphatic rings. The molecule has 0 aliphatic heterocycles. The summed E-state index contributed by atoms with van der Waals surface area (Å²) in [5.41, 5.74) is 0.490. The Hall–Kier alpha value is -0.520. The molecule has 0 radical (unpaired) electrons. The third-order valence-corrected chi connectivity index (χ3v) is 4.79. The van der Waals surface area contributed by atoms with Gasteiger partial charge in [-0.05, 0) is 66.6 Å². The highest BCUT2D eigenvalue weighted by Crippen LogP contribution is 2.34. The maximum Gasteiger partial charge on any atom is 0.146 e. The summed E-state index contributed by atoms with van der Waals surface area (Å²) in [6.45, 7) is 5.17. The highest BCUT2D eigenvalue weighted by Gasteiger charge is 2.33. The van der Waals surface area contributed by atoms with E-state index in [4.69, 9.17) is 0 Å². The maximum atomic E-state index is 13.8. The molecule has 2 saturated carbocycles. The van der Waals surface area contributed by atoms with Crippen molar-refractivity contribution in [1.29, 1.82) is 0 Å². The van der Waals surface area contributed by atoms with Gasteiger partial charge in [0, 0.05) is 31.7 Å². The van der Waals surface area contributed by atoms with Crippen LogP contribution in [0.2, 0.25) is 0 Å². The molecule has 5 heteroatoms. The van der Waals surface area contributed by atoms with Crippen LogP contribution >= 0.6 is 15.9 Å². The predicted molar refractivity (Wildman–Crippen MR) is 85.6 cm³/mol. The molecule has 1 heterocycles. The molecule has 0 amide bonds. The molecule has 1 atom stereocenters. The van der Waals surface area contributed by atoms with Crippen molar-refractivity contribution in [3.63, 3.8) is 0 Å². The van der Waals surface area contributed by atoms with Crippen LogP contribution < -0.4 is 5.32 Å². The smallest absolute Gasteiger partial charge is 0.146 e. The minimum Gasteiger partial charge on any atom is -0.307 e. The first-order valence-electron chi connectivity index (χ1n) is 7.93. The van der Waals surface area contributed by atoms with Crippen LogP contribution in [0, 0.1) is 11.7 Å². The van der Waals surface area contributed by atoms with Crippen LogP contribution in [0.5, 0.6) is 0 Å². The highest BCUT2D eigenvalue weighted by molar-refractivity contribution is 9.10. The molecule has 1 aromatic rings. The number of nitrogens with zero attached hydrogens (tertiary/aromatic N) is 2. The molecule has 3 nitrogen and oxygen atoms in total. The SMILES string of the molecule is C[C@H](NCCN(CC1CC1)C1CC1)c1nc(Br)ccc1F. The van der Waals surface area contributed by atoms with Gasteiger partial charge in [0.25, 0.3) is 0 Å². The van der Waals surface area contributed by atoms with Gasteiger partial charge in [-0.25, -0.2) is 9.37 Å². The van der Waals surface area contributed by atoms with E-state index in [1.165, 1.54) is 38.3 Å². The second-order valence-corrected chi connectivity index (χ2v) is 7.16. The van der Waals surface area contributed by atoms with Crippen molar-refractivity contribution in [2.45, 2.75) is 44.7 Å². The van der Waals surface area contributed by atoms with E-state index in [0.717, 1.165) is 25.0 Å². The Morgan fingerprint density at radius 3 is 2.81 bits per heavy atom. The minimum atomic E-state index is -0.241. The van der Waals surface area contributed by atoms with E-state index >= 15 is 0 Å². The summed E-state index contributed by atoms with van der Waals surface area (Å²) in [6, 6.07) is 3.84. The minimum absolute atomic E-state index is 0.0653. The molecular formula is C16H23BrFN3. The number of pyridine rings is 1. The third-order valence-electron chi connectivity index (χ3n) is 4.35. The van der Waals surface area contributed by atoms with E-state index in [9.17, 15) is 4.39 Å². The lowest BCUT2D eigenvalue weighted by molar-refractivity contribution is 0.249. The van der Waals surface area contributed by atoms with Crippen molar-refractivity contribution in [3.05, 3.63) is 28.2 Å². The number of halogens is 2. The molecule has 0 spiro atoms. The van der Waals surface area contributed by atoms with E-state index in [2.05, 4.69) is 31.1 Å². The number of hydrogen-bond donors (Lipinski definition) is 1. The lowest BCUT2D eigenvalue weighted by atomic mass is 10.2. The molecular weight excluding hydrogens is 333 g/mol. The Bertz CT molecular complexity index is 488. The molecule has 21 heavy (non-hydrogen) atoms. The van der Waals surface area contributed by atoms with E-state index in [1.54, 1.807) is 6.07 Å². The van der Waals surface area contributed by atoms with Crippen molar-refractivity contribution < 1.29 is 4.39 Å². The van der Waals surface area contributed by atoms with E-state index in [1.807, 2.05) is 6.92 Å². The summed E-state index contributed by atoms with van der Waals surface area (Å²) < 4.78 is 14.5. The van der Waals surface area contributed by atoms with Gasteiger partial charge in [0.05, 0.1) is 5.69 Å². The number of aromatic nitrogens is 1. The van der Waals surface area contributed by atoms with E-state index in [0.29, 0.717) is 10.3 Å². The van der Waals surface area contributed by atoms with Crippen LogP contribution in [0.4, 0.5) is 4.39 Å². The molecule has 3 rings (SSSR count). The quantitative estimate of drug-likeness (QED) is 0.723. The standard InChI is InChI=1S/C16H23BrFN3/c1-11(16-14(18)6-7-15(17)20-16)19-8-9-21(13-4-5-13)10-12-2-3-12/h6-7,11-13,19H,2-5,8-10H2,1H3/t11-/m0/s1. The summed E-state index contributed by atoms with van der Waals surface area (Å²) in [5, 5.41) is 3.41. The van der Waals surface area contributed by atoms with Crippen LogP contribution in [0.3, 0.4) is 0 Å². The van der Waals surface area contributed by atoms with Gasteiger partial charge in [0.1, 0.15) is 10.4 Å². The van der Waals surface area contributed by atoms with Gasteiger partial charge < -0.3 is 5.32 Å². The van der Waals surface area contributed by atoms with Crippen molar-refractivity contribution in [2.24, 2.45) is 5.92 Å². The van der Waals surface area contributed by atoms with Crippen molar-refractivity contribution in [1.82, 2.24) is 15.2 Å². The molecule has 2 aliphatic carbocycles. The van der Waals surface area contributed by atoms with Crippen LogP contribution in [0.25, 0.3) is 0 Å². The van der Waals surface area contributed by atoms with Crippen molar-refractivity contribution in [2.75, 3.05) is 19.6 Å². The van der Waals surface area contributed by atoms with Gasteiger partial charge in [-0.1, -0.05) is 0 Å². The van der Waals surface area contributed by atoms with Gasteiger partial charge in [-0.3, -0.25) is 4.90 Å². The molecule has 0 bridgehead atoms. The second kappa shape index (κ2) is 6.71. The number of nitrogens with one attached hydrogen (secondary N) is 1. The fraction of sp³-hybridized carbons (Fsp3) is 0.688. The monoisotopic (exact) mass is 355 g/mol. The normalized spacial score (nSPS) is 20.0. The Morgan fingerprint density at radius 1 is 1.38 bits per heavy atom. The molecule has 116 valence electrons. The van der Waals surface area contributed by atoms with Gasteiger partial charge in [-0.15, -0.1) is 0 Å². The Kier molecular flexibility index (Phi) is 4.92. The first-order chi connectivity index (χ1) is 10.1. The van der Waals surface area contributed by atoms with Gasteiger partial charge in [-0.2, -0.15) is 0 Å². The maximum absolute atomic E-state index is 13.8. The van der Waals surface area contributed by atoms with Gasteiger partial charge >= 0.3 is 0 Å². The lowest BCUT2D eigenvalue weighted by Gasteiger charge is -2.23. The number of hydrogen-bond acceptors (Lipinski definition) is 3. The highest BCUT2D eigenvalue weighted by atomic mass is 79.9. The van der Waals surface area contributed by atoms with Crippen molar-refractivity contribution in [3.8, 4) is 0 Å². The van der Waals surface area contributed by atoms with Gasteiger partial charge in [0.2, 0.25) is 0 Å². The molecule has 1 N–H and O–H groups in total.